The summed E-state index contributed by atoms with van der Waals surface area (Å²) in [4.78, 5) is 3.37. The Hall–Kier alpha value is -1.39. The Balaban J connectivity index is 1.86. The summed E-state index contributed by atoms with van der Waals surface area (Å²) in [6.07, 6.45) is 2.48. The van der Waals surface area contributed by atoms with Crippen LogP contribution < -0.4 is 0 Å². The first-order valence-electron chi connectivity index (χ1n) is 6.33. The molecule has 3 nitrogen and oxygen atoms in total. The minimum atomic E-state index is -0.464. The van der Waals surface area contributed by atoms with Crippen molar-refractivity contribution in [2.24, 2.45) is 0 Å². The first-order chi connectivity index (χ1) is 8.76. The molecule has 1 spiro atoms. The number of halogens is 1. The monoisotopic (exact) mass is 247 g/mol. The number of rotatable bonds is 0. The minimum absolute atomic E-state index is 0.197. The third kappa shape index (κ3) is 1.42. The topological polar surface area (TPSA) is 34.2 Å². The summed E-state index contributed by atoms with van der Waals surface area (Å²) in [5.74, 6) is -0.661. The van der Waals surface area contributed by atoms with Crippen LogP contribution in [0.3, 0.4) is 0 Å². The van der Waals surface area contributed by atoms with Crippen molar-refractivity contribution in [2.45, 2.75) is 25.0 Å². The first-order valence-corrected chi connectivity index (χ1v) is 6.33. The van der Waals surface area contributed by atoms with Crippen LogP contribution >= 0.6 is 0 Å². The summed E-state index contributed by atoms with van der Waals surface area (Å²) < 4.78 is 24.9. The van der Waals surface area contributed by atoms with Crippen molar-refractivity contribution in [3.05, 3.63) is 35.3 Å². The highest BCUT2D eigenvalue weighted by molar-refractivity contribution is 5.85. The second-order valence-corrected chi connectivity index (χ2v) is 5.06. The van der Waals surface area contributed by atoms with Crippen molar-refractivity contribution >= 4 is 10.9 Å². The third-order valence-electron chi connectivity index (χ3n) is 3.97. The number of hydrogen-bond acceptors (Lipinski definition) is 2. The van der Waals surface area contributed by atoms with Gasteiger partial charge in [0.2, 0.25) is 0 Å². The normalized spacial score (nSPS) is 21.6. The van der Waals surface area contributed by atoms with Crippen LogP contribution in [0, 0.1) is 5.82 Å². The van der Waals surface area contributed by atoms with E-state index >= 15 is 0 Å². The molecule has 18 heavy (non-hydrogen) atoms. The van der Waals surface area contributed by atoms with Crippen molar-refractivity contribution < 1.29 is 13.9 Å². The van der Waals surface area contributed by atoms with E-state index in [2.05, 4.69) is 4.98 Å². The van der Waals surface area contributed by atoms with Gasteiger partial charge in [0.15, 0.2) is 5.79 Å². The zero-order valence-corrected chi connectivity index (χ0v) is 9.96. The van der Waals surface area contributed by atoms with Gasteiger partial charge >= 0.3 is 0 Å². The molecule has 0 radical (unpaired) electrons. The fourth-order valence-corrected chi connectivity index (χ4v) is 3.11. The molecule has 0 bridgehead atoms. The zero-order valence-electron chi connectivity index (χ0n) is 9.96. The summed E-state index contributed by atoms with van der Waals surface area (Å²) >= 11 is 0. The van der Waals surface area contributed by atoms with Gasteiger partial charge in [-0.25, -0.2) is 4.39 Å². The SMILES string of the molecule is Fc1ccc2[nH]c3c(c2c1)CC1(CC3)OCCO1. The predicted octanol–water partition coefficient (Wildman–Crippen LogP) is 2.54. The molecule has 0 unspecified atom stereocenters. The summed E-state index contributed by atoms with van der Waals surface area (Å²) in [5, 5.41) is 0.961. The fourth-order valence-electron chi connectivity index (χ4n) is 3.11. The van der Waals surface area contributed by atoms with Crippen LogP contribution in [0.1, 0.15) is 17.7 Å². The molecule has 0 amide bonds. The van der Waals surface area contributed by atoms with Crippen LogP contribution in [0.5, 0.6) is 0 Å². The van der Waals surface area contributed by atoms with Crippen molar-refractivity contribution in [3.8, 4) is 0 Å². The molecule has 4 heteroatoms. The standard InChI is InChI=1S/C14H14FNO2/c15-9-1-2-12-10(7-9)11-8-14(17-5-6-18-14)4-3-13(11)16-12/h1-2,7,16H,3-6,8H2. The highest BCUT2D eigenvalue weighted by atomic mass is 19.1. The van der Waals surface area contributed by atoms with Crippen molar-refractivity contribution in [2.75, 3.05) is 13.2 Å². The number of benzene rings is 1. The fraction of sp³-hybridized carbons (Fsp3) is 0.429. The Morgan fingerprint density at radius 2 is 2.06 bits per heavy atom. The number of nitrogens with one attached hydrogen (secondary N) is 1. The largest absolute Gasteiger partial charge is 0.358 e. The molecule has 1 aromatic carbocycles. The maximum atomic E-state index is 13.4. The van der Waals surface area contributed by atoms with Gasteiger partial charge in [0, 0.05) is 29.4 Å². The average Bonchev–Trinajstić information content (AvgIpc) is 2.95. The molecule has 2 aliphatic rings. The maximum absolute atomic E-state index is 13.4. The van der Waals surface area contributed by atoms with Gasteiger partial charge in [-0.15, -0.1) is 0 Å². The van der Waals surface area contributed by atoms with Crippen molar-refractivity contribution in [1.29, 1.82) is 0 Å². The number of hydrogen-bond donors (Lipinski definition) is 1. The molecule has 1 saturated heterocycles. The second kappa shape index (κ2) is 3.56. The van der Waals surface area contributed by atoms with Gasteiger partial charge in [0.05, 0.1) is 13.2 Å². The molecular formula is C14H14FNO2. The van der Waals surface area contributed by atoms with Crippen LogP contribution in [0.25, 0.3) is 10.9 Å². The summed E-state index contributed by atoms with van der Waals surface area (Å²) in [6, 6.07) is 4.88. The minimum Gasteiger partial charge on any atom is -0.358 e. The van der Waals surface area contributed by atoms with Crippen LogP contribution in [-0.4, -0.2) is 24.0 Å². The molecule has 1 aliphatic carbocycles. The Morgan fingerprint density at radius 3 is 2.89 bits per heavy atom. The van der Waals surface area contributed by atoms with Crippen molar-refractivity contribution in [1.82, 2.24) is 4.98 Å². The summed E-state index contributed by atoms with van der Waals surface area (Å²) in [7, 11) is 0. The Labute approximate surface area is 104 Å². The van der Waals surface area contributed by atoms with Gasteiger partial charge in [-0.05, 0) is 30.2 Å². The van der Waals surface area contributed by atoms with Crippen LogP contribution in [0.15, 0.2) is 18.2 Å². The lowest BCUT2D eigenvalue weighted by Gasteiger charge is -2.31. The first kappa shape index (κ1) is 10.5. The lowest BCUT2D eigenvalue weighted by atomic mass is 9.90. The van der Waals surface area contributed by atoms with E-state index in [1.54, 1.807) is 12.1 Å². The van der Waals surface area contributed by atoms with Crippen LogP contribution in [0.2, 0.25) is 0 Å². The number of aromatic nitrogens is 1. The molecule has 2 heterocycles. The lowest BCUT2D eigenvalue weighted by Crippen LogP contribution is -2.36. The molecule has 1 fully saturated rings. The maximum Gasteiger partial charge on any atom is 0.172 e. The number of H-pyrrole nitrogens is 1. The number of fused-ring (bicyclic) bond motifs is 3. The third-order valence-corrected chi connectivity index (χ3v) is 3.97. The van der Waals surface area contributed by atoms with E-state index in [4.69, 9.17) is 9.47 Å². The van der Waals surface area contributed by atoms with E-state index in [1.165, 1.54) is 11.8 Å². The van der Waals surface area contributed by atoms with Gasteiger partial charge in [-0.3, -0.25) is 0 Å². The quantitative estimate of drug-likeness (QED) is 0.776. The number of aromatic amines is 1. The summed E-state index contributed by atoms with van der Waals surface area (Å²) in [6.45, 7) is 1.32. The number of aryl methyl sites for hydroxylation is 1. The second-order valence-electron chi connectivity index (χ2n) is 5.06. The van der Waals surface area contributed by atoms with Gasteiger partial charge in [0.25, 0.3) is 0 Å². The van der Waals surface area contributed by atoms with E-state index < -0.39 is 5.79 Å². The van der Waals surface area contributed by atoms with E-state index in [0.29, 0.717) is 19.6 Å². The molecule has 1 aliphatic heterocycles. The molecule has 0 saturated carbocycles. The Morgan fingerprint density at radius 1 is 1.22 bits per heavy atom. The van der Waals surface area contributed by atoms with Crippen molar-refractivity contribution in [3.63, 3.8) is 0 Å². The zero-order chi connectivity index (χ0) is 12.2. The molecule has 2 aromatic rings. The van der Waals surface area contributed by atoms with E-state index in [1.807, 2.05) is 0 Å². The molecule has 1 N–H and O–H groups in total. The average molecular weight is 247 g/mol. The lowest BCUT2D eigenvalue weighted by molar-refractivity contribution is -0.163. The van der Waals surface area contributed by atoms with Gasteiger partial charge in [-0.1, -0.05) is 0 Å². The predicted molar refractivity (Wildman–Crippen MR) is 64.9 cm³/mol. The molecule has 94 valence electrons. The van der Waals surface area contributed by atoms with Crippen LogP contribution in [0.4, 0.5) is 4.39 Å². The van der Waals surface area contributed by atoms with Crippen LogP contribution in [-0.2, 0) is 22.3 Å². The number of ether oxygens (including phenoxy) is 2. The Bertz CT molecular complexity index is 614. The van der Waals surface area contributed by atoms with Gasteiger partial charge < -0.3 is 14.5 Å². The molecular weight excluding hydrogens is 233 g/mol. The van der Waals surface area contributed by atoms with Gasteiger partial charge in [0.1, 0.15) is 5.82 Å². The van der Waals surface area contributed by atoms with E-state index in [0.717, 1.165) is 29.3 Å². The molecule has 1 aromatic heterocycles. The smallest absolute Gasteiger partial charge is 0.172 e. The Kier molecular flexibility index (Phi) is 2.08. The molecule has 4 rings (SSSR count). The van der Waals surface area contributed by atoms with E-state index in [-0.39, 0.29) is 5.82 Å². The highest BCUT2D eigenvalue weighted by Gasteiger charge is 2.41. The van der Waals surface area contributed by atoms with Gasteiger partial charge in [-0.2, -0.15) is 0 Å². The summed E-state index contributed by atoms with van der Waals surface area (Å²) in [5.41, 5.74) is 3.34. The highest BCUT2D eigenvalue weighted by Crippen LogP contribution is 2.38. The molecule has 0 atom stereocenters. The van der Waals surface area contributed by atoms with E-state index in [9.17, 15) is 4.39 Å².